The van der Waals surface area contributed by atoms with Crippen molar-refractivity contribution in [1.29, 1.82) is 0 Å². The molecule has 2 aromatic carbocycles. The Morgan fingerprint density at radius 2 is 1.90 bits per heavy atom. The highest BCUT2D eigenvalue weighted by molar-refractivity contribution is 5.89. The first-order chi connectivity index (χ1) is 15.1. The van der Waals surface area contributed by atoms with Crippen LogP contribution >= 0.6 is 0 Å². The minimum atomic E-state index is -0.292. The van der Waals surface area contributed by atoms with Crippen molar-refractivity contribution in [2.45, 2.75) is 45.0 Å². The highest BCUT2D eigenvalue weighted by atomic mass is 16.5. The van der Waals surface area contributed by atoms with E-state index in [-0.39, 0.29) is 18.2 Å². The zero-order valence-electron chi connectivity index (χ0n) is 18.4. The van der Waals surface area contributed by atoms with Gasteiger partial charge in [-0.2, -0.15) is 0 Å². The fourth-order valence-electron chi connectivity index (χ4n) is 3.59. The van der Waals surface area contributed by atoms with Gasteiger partial charge in [-0.3, -0.25) is 0 Å². The van der Waals surface area contributed by atoms with Gasteiger partial charge >= 0.3 is 5.97 Å². The number of carbonyl (C=O) groups is 1. The highest BCUT2D eigenvalue weighted by Gasteiger charge is 2.21. The van der Waals surface area contributed by atoms with Crippen molar-refractivity contribution in [1.82, 2.24) is 0 Å². The normalized spacial score (nSPS) is 19.0. The molecule has 0 amide bonds. The molecule has 5 heteroatoms. The number of hydrogen-bond donors (Lipinski definition) is 0. The van der Waals surface area contributed by atoms with Crippen molar-refractivity contribution >= 4 is 5.97 Å². The first-order valence-electron chi connectivity index (χ1n) is 10.9. The lowest BCUT2D eigenvalue weighted by atomic mass is 9.99. The molecule has 0 N–H and O–H groups in total. The van der Waals surface area contributed by atoms with Crippen molar-refractivity contribution < 1.29 is 23.7 Å². The molecular formula is C26H32O5. The van der Waals surface area contributed by atoms with Gasteiger partial charge in [0.1, 0.15) is 5.75 Å². The maximum Gasteiger partial charge on any atom is 0.338 e. The maximum atomic E-state index is 12.0. The van der Waals surface area contributed by atoms with Crippen molar-refractivity contribution in [3.63, 3.8) is 0 Å². The second-order valence-corrected chi connectivity index (χ2v) is 7.96. The predicted molar refractivity (Wildman–Crippen MR) is 120 cm³/mol. The average molecular weight is 425 g/mol. The minimum Gasteiger partial charge on any atom is -0.497 e. The van der Waals surface area contributed by atoms with E-state index in [9.17, 15) is 4.79 Å². The predicted octanol–water partition coefficient (Wildman–Crippen LogP) is 5.20. The number of ether oxygens (including phenoxy) is 4. The summed E-state index contributed by atoms with van der Waals surface area (Å²) in [6.45, 7) is 3.81. The molecule has 1 heterocycles. The topological polar surface area (TPSA) is 54.0 Å². The molecule has 0 unspecified atom stereocenters. The molecule has 0 radical (unpaired) electrons. The summed E-state index contributed by atoms with van der Waals surface area (Å²) in [4.78, 5) is 12.0. The number of esters is 1. The largest absolute Gasteiger partial charge is 0.497 e. The molecule has 0 saturated heterocycles. The summed E-state index contributed by atoms with van der Waals surface area (Å²) in [6, 6.07) is 17.0. The smallest absolute Gasteiger partial charge is 0.338 e. The van der Waals surface area contributed by atoms with E-state index in [2.05, 4.69) is 19.1 Å². The number of benzene rings is 2. The van der Waals surface area contributed by atoms with Gasteiger partial charge in [0.15, 0.2) is 0 Å². The zero-order valence-corrected chi connectivity index (χ0v) is 18.4. The Balaban J connectivity index is 1.32. The summed E-state index contributed by atoms with van der Waals surface area (Å²) in [6.07, 6.45) is 6.89. The quantitative estimate of drug-likeness (QED) is 0.367. The van der Waals surface area contributed by atoms with Gasteiger partial charge in [0.05, 0.1) is 38.1 Å². The Hall–Kier alpha value is -2.63. The first kappa shape index (κ1) is 23.0. The monoisotopic (exact) mass is 424 g/mol. The Morgan fingerprint density at radius 3 is 2.65 bits per heavy atom. The second kappa shape index (κ2) is 12.3. The molecule has 166 valence electrons. The second-order valence-electron chi connectivity index (χ2n) is 7.96. The van der Waals surface area contributed by atoms with Gasteiger partial charge in [-0.25, -0.2) is 4.79 Å². The summed E-state index contributed by atoms with van der Waals surface area (Å²) < 4.78 is 22.6. The van der Waals surface area contributed by atoms with Crippen molar-refractivity contribution in [2.24, 2.45) is 5.92 Å². The van der Waals surface area contributed by atoms with Crippen LogP contribution in [0.4, 0.5) is 0 Å². The summed E-state index contributed by atoms with van der Waals surface area (Å²) in [5.41, 5.74) is 1.71. The van der Waals surface area contributed by atoms with Crippen LogP contribution in [-0.2, 0) is 20.8 Å². The molecule has 3 rings (SSSR count). The van der Waals surface area contributed by atoms with Gasteiger partial charge < -0.3 is 18.9 Å². The number of rotatable bonds is 11. The summed E-state index contributed by atoms with van der Waals surface area (Å²) in [5, 5.41) is 0. The van der Waals surface area contributed by atoms with Crippen LogP contribution in [0.25, 0.3) is 0 Å². The third-order valence-electron chi connectivity index (χ3n) is 5.26. The first-order valence-corrected chi connectivity index (χ1v) is 10.9. The van der Waals surface area contributed by atoms with Gasteiger partial charge in [0.25, 0.3) is 0 Å². The van der Waals surface area contributed by atoms with E-state index in [4.69, 9.17) is 18.9 Å². The lowest BCUT2D eigenvalue weighted by Crippen LogP contribution is -2.28. The molecule has 2 aromatic rings. The van der Waals surface area contributed by atoms with Gasteiger partial charge in [-0.1, -0.05) is 49.4 Å². The zero-order chi connectivity index (χ0) is 21.9. The molecule has 0 aromatic heterocycles. The van der Waals surface area contributed by atoms with E-state index in [1.54, 1.807) is 19.2 Å². The van der Waals surface area contributed by atoms with Crippen molar-refractivity contribution in [3.05, 3.63) is 77.9 Å². The Labute approximate surface area is 185 Å². The van der Waals surface area contributed by atoms with Crippen LogP contribution in [0, 0.1) is 5.92 Å². The molecule has 3 atom stereocenters. The van der Waals surface area contributed by atoms with Crippen LogP contribution in [0.3, 0.4) is 0 Å². The molecule has 0 bridgehead atoms. The lowest BCUT2D eigenvalue weighted by molar-refractivity contribution is -0.0265. The standard InChI is InChI=1S/C26H32O5/c1-20(18-29-19-21-11-13-23(28-2)14-12-21)17-25-10-6-9-24(31-25)15-16-30-26(27)22-7-4-3-5-8-22/h3-9,11-14,20,24-25H,10,15-19H2,1-2H3/t20-,24+,25+/m1/s1. The molecule has 1 aliphatic rings. The number of methoxy groups -OCH3 is 1. The Bertz CT molecular complexity index is 815. The SMILES string of the molecule is COc1ccc(COC[C@H](C)C[C@@H]2CC=C[C@@H](CCOC(=O)c3ccccc3)O2)cc1. The van der Waals surface area contributed by atoms with Crippen LogP contribution in [0.5, 0.6) is 5.75 Å². The third kappa shape index (κ3) is 7.85. The van der Waals surface area contributed by atoms with Crippen molar-refractivity contribution in [2.75, 3.05) is 20.3 Å². The van der Waals surface area contributed by atoms with Crippen LogP contribution in [0.1, 0.15) is 42.1 Å². The molecule has 0 saturated carbocycles. The molecule has 5 nitrogen and oxygen atoms in total. The van der Waals surface area contributed by atoms with Gasteiger partial charge in [-0.05, 0) is 48.6 Å². The van der Waals surface area contributed by atoms with E-state index < -0.39 is 0 Å². The van der Waals surface area contributed by atoms with Gasteiger partial charge in [-0.15, -0.1) is 0 Å². The summed E-state index contributed by atoms with van der Waals surface area (Å²) in [7, 11) is 1.66. The number of carbonyl (C=O) groups excluding carboxylic acids is 1. The average Bonchev–Trinajstić information content (AvgIpc) is 2.80. The van der Waals surface area contributed by atoms with Crippen LogP contribution < -0.4 is 4.74 Å². The maximum absolute atomic E-state index is 12.0. The van der Waals surface area contributed by atoms with Crippen LogP contribution in [0.2, 0.25) is 0 Å². The highest BCUT2D eigenvalue weighted by Crippen LogP contribution is 2.22. The Kier molecular flexibility index (Phi) is 9.13. The molecule has 0 spiro atoms. The lowest BCUT2D eigenvalue weighted by Gasteiger charge is -2.28. The van der Waals surface area contributed by atoms with E-state index >= 15 is 0 Å². The summed E-state index contributed by atoms with van der Waals surface area (Å²) >= 11 is 0. The van der Waals surface area contributed by atoms with E-state index in [0.29, 0.717) is 37.7 Å². The van der Waals surface area contributed by atoms with E-state index in [1.807, 2.05) is 42.5 Å². The molecular weight excluding hydrogens is 392 g/mol. The molecule has 0 aliphatic carbocycles. The summed E-state index contributed by atoms with van der Waals surface area (Å²) in [5.74, 6) is 0.954. The van der Waals surface area contributed by atoms with Crippen LogP contribution in [0.15, 0.2) is 66.7 Å². The van der Waals surface area contributed by atoms with Gasteiger partial charge in [0, 0.05) is 13.0 Å². The Morgan fingerprint density at radius 1 is 1.13 bits per heavy atom. The number of hydrogen-bond acceptors (Lipinski definition) is 5. The third-order valence-corrected chi connectivity index (χ3v) is 5.26. The van der Waals surface area contributed by atoms with E-state index in [0.717, 1.165) is 24.2 Å². The van der Waals surface area contributed by atoms with Crippen LogP contribution in [-0.4, -0.2) is 38.5 Å². The van der Waals surface area contributed by atoms with Gasteiger partial charge in [0.2, 0.25) is 0 Å². The van der Waals surface area contributed by atoms with Crippen molar-refractivity contribution in [3.8, 4) is 5.75 Å². The molecule has 0 fully saturated rings. The molecule has 31 heavy (non-hydrogen) atoms. The fourth-order valence-corrected chi connectivity index (χ4v) is 3.59. The fraction of sp³-hybridized carbons (Fsp3) is 0.423. The minimum absolute atomic E-state index is 0.0188. The molecule has 1 aliphatic heterocycles. The van der Waals surface area contributed by atoms with E-state index in [1.165, 1.54) is 0 Å².